The molecule has 0 aromatic carbocycles. The number of hydrogen-bond acceptors (Lipinski definition) is 1. The lowest BCUT2D eigenvalue weighted by atomic mass is 9.64. The third-order valence-corrected chi connectivity index (χ3v) is 2.73. The second-order valence-electron chi connectivity index (χ2n) is 3.35. The van der Waals surface area contributed by atoms with Gasteiger partial charge in [-0.1, -0.05) is 6.08 Å². The average Bonchev–Trinajstić information content (AvgIpc) is 1.88. The van der Waals surface area contributed by atoms with Crippen LogP contribution >= 0.6 is 12.4 Å². The zero-order valence-corrected chi connectivity index (χ0v) is 6.91. The summed E-state index contributed by atoms with van der Waals surface area (Å²) < 4.78 is 0. The Kier molecular flexibility index (Phi) is 2.07. The molecule has 0 atom stereocenters. The second kappa shape index (κ2) is 2.55. The molecule has 0 aromatic heterocycles. The fourth-order valence-electron chi connectivity index (χ4n) is 2.08. The van der Waals surface area contributed by atoms with Crippen LogP contribution < -0.4 is 5.32 Å². The molecule has 0 amide bonds. The Morgan fingerprint density at radius 1 is 1.50 bits per heavy atom. The predicted molar refractivity (Wildman–Crippen MR) is 45.5 cm³/mol. The third-order valence-electron chi connectivity index (χ3n) is 2.73. The first-order valence-electron chi connectivity index (χ1n) is 3.73. The summed E-state index contributed by atoms with van der Waals surface area (Å²) in [6, 6.07) is 0. The molecule has 3 aliphatic rings. The molecule has 1 N–H and O–H groups in total. The van der Waals surface area contributed by atoms with Crippen molar-refractivity contribution in [3.8, 4) is 0 Å². The van der Waals surface area contributed by atoms with Crippen molar-refractivity contribution in [1.29, 1.82) is 0 Å². The highest BCUT2D eigenvalue weighted by molar-refractivity contribution is 5.85. The van der Waals surface area contributed by atoms with Gasteiger partial charge >= 0.3 is 0 Å². The summed E-state index contributed by atoms with van der Waals surface area (Å²) in [6.07, 6.45) is 6.16. The molecule has 1 saturated carbocycles. The molecule has 3 fully saturated rings. The van der Waals surface area contributed by atoms with Crippen molar-refractivity contribution < 1.29 is 0 Å². The van der Waals surface area contributed by atoms with Gasteiger partial charge in [-0.25, -0.2) is 0 Å². The number of hydrogen-bond donors (Lipinski definition) is 1. The van der Waals surface area contributed by atoms with Gasteiger partial charge in [-0.3, -0.25) is 0 Å². The lowest BCUT2D eigenvalue weighted by Gasteiger charge is -2.51. The van der Waals surface area contributed by atoms with E-state index >= 15 is 0 Å². The van der Waals surface area contributed by atoms with Crippen LogP contribution in [0, 0.1) is 5.92 Å². The van der Waals surface area contributed by atoms with E-state index in [0.717, 1.165) is 5.92 Å². The molecule has 2 heterocycles. The molecule has 2 saturated heterocycles. The van der Waals surface area contributed by atoms with Gasteiger partial charge in [0.15, 0.2) is 0 Å². The van der Waals surface area contributed by atoms with Gasteiger partial charge in [-0.05, 0) is 31.7 Å². The summed E-state index contributed by atoms with van der Waals surface area (Å²) in [5.74, 6) is 1.02. The SMILES string of the molecule is C=CC12CC(CCN1)C2.Cl. The van der Waals surface area contributed by atoms with Crippen LogP contribution in [0.3, 0.4) is 0 Å². The number of fused-ring (bicyclic) bond motifs is 2. The monoisotopic (exact) mass is 159 g/mol. The molecule has 58 valence electrons. The first-order valence-corrected chi connectivity index (χ1v) is 3.73. The second-order valence-corrected chi connectivity index (χ2v) is 3.35. The maximum Gasteiger partial charge on any atom is 0.0366 e. The van der Waals surface area contributed by atoms with Gasteiger partial charge in [0.2, 0.25) is 0 Å². The van der Waals surface area contributed by atoms with Crippen molar-refractivity contribution >= 4 is 12.4 Å². The topological polar surface area (TPSA) is 12.0 Å². The molecule has 1 aliphatic carbocycles. The highest BCUT2D eigenvalue weighted by Crippen LogP contribution is 2.43. The maximum absolute atomic E-state index is 3.83. The molecule has 0 unspecified atom stereocenters. The Morgan fingerprint density at radius 2 is 2.20 bits per heavy atom. The molecule has 3 rings (SSSR count). The number of rotatable bonds is 1. The van der Waals surface area contributed by atoms with Crippen LogP contribution in [0.5, 0.6) is 0 Å². The van der Waals surface area contributed by atoms with Gasteiger partial charge in [0.05, 0.1) is 0 Å². The fraction of sp³-hybridized carbons (Fsp3) is 0.750. The van der Waals surface area contributed by atoms with Gasteiger partial charge in [-0.2, -0.15) is 0 Å². The Bertz CT molecular complexity index is 133. The van der Waals surface area contributed by atoms with Crippen LogP contribution in [0.4, 0.5) is 0 Å². The van der Waals surface area contributed by atoms with Crippen molar-refractivity contribution in [3.63, 3.8) is 0 Å². The van der Waals surface area contributed by atoms with E-state index in [1.807, 2.05) is 0 Å². The molecule has 0 radical (unpaired) electrons. The highest BCUT2D eigenvalue weighted by Gasteiger charge is 2.44. The summed E-state index contributed by atoms with van der Waals surface area (Å²) >= 11 is 0. The van der Waals surface area contributed by atoms with E-state index in [1.165, 1.54) is 25.8 Å². The average molecular weight is 160 g/mol. The van der Waals surface area contributed by atoms with Crippen LogP contribution in [-0.4, -0.2) is 12.1 Å². The van der Waals surface area contributed by atoms with Gasteiger partial charge in [0.1, 0.15) is 0 Å². The van der Waals surface area contributed by atoms with Crippen molar-refractivity contribution in [2.45, 2.75) is 24.8 Å². The smallest absolute Gasteiger partial charge is 0.0366 e. The zero-order valence-electron chi connectivity index (χ0n) is 6.10. The van der Waals surface area contributed by atoms with Crippen LogP contribution in [0.1, 0.15) is 19.3 Å². The van der Waals surface area contributed by atoms with Crippen LogP contribution in [-0.2, 0) is 0 Å². The van der Waals surface area contributed by atoms with Gasteiger partial charge in [-0.15, -0.1) is 19.0 Å². The van der Waals surface area contributed by atoms with Crippen molar-refractivity contribution in [1.82, 2.24) is 5.32 Å². The van der Waals surface area contributed by atoms with E-state index in [-0.39, 0.29) is 12.4 Å². The minimum Gasteiger partial charge on any atom is -0.308 e. The number of nitrogens with one attached hydrogen (secondary N) is 1. The molecule has 2 heteroatoms. The lowest BCUT2D eigenvalue weighted by Crippen LogP contribution is -2.58. The molecule has 1 nitrogen and oxygen atoms in total. The predicted octanol–water partition coefficient (Wildman–Crippen LogP) is 1.74. The Morgan fingerprint density at radius 3 is 2.50 bits per heavy atom. The van der Waals surface area contributed by atoms with Crippen molar-refractivity contribution in [2.24, 2.45) is 5.92 Å². The molecular weight excluding hydrogens is 146 g/mol. The van der Waals surface area contributed by atoms with E-state index in [4.69, 9.17) is 0 Å². The minimum atomic E-state index is 0. The van der Waals surface area contributed by atoms with Crippen molar-refractivity contribution in [2.75, 3.05) is 6.54 Å². The van der Waals surface area contributed by atoms with Crippen LogP contribution in [0.2, 0.25) is 0 Å². The van der Waals surface area contributed by atoms with E-state index in [9.17, 15) is 0 Å². The fourth-order valence-corrected chi connectivity index (χ4v) is 2.08. The Hall–Kier alpha value is -0.0100. The first kappa shape index (κ1) is 8.09. The normalized spacial score (nSPS) is 43.0. The standard InChI is InChI=1S/C8H13N.ClH/c1-2-8-5-7(6-8)3-4-9-8;/h2,7,9H,1,3-6H2;1H. The Labute approximate surface area is 68.3 Å². The number of halogens is 1. The van der Waals surface area contributed by atoms with Crippen LogP contribution in [0.15, 0.2) is 12.7 Å². The number of piperidine rings is 2. The maximum atomic E-state index is 3.83. The largest absolute Gasteiger partial charge is 0.308 e. The summed E-state index contributed by atoms with van der Waals surface area (Å²) in [5.41, 5.74) is 0.378. The van der Waals surface area contributed by atoms with Gasteiger partial charge in [0, 0.05) is 5.54 Å². The van der Waals surface area contributed by atoms with E-state index in [0.29, 0.717) is 5.54 Å². The van der Waals surface area contributed by atoms with Crippen molar-refractivity contribution in [3.05, 3.63) is 12.7 Å². The third kappa shape index (κ3) is 0.977. The molecule has 2 aliphatic heterocycles. The molecular formula is C8H14ClN. The minimum absolute atomic E-state index is 0. The molecule has 2 bridgehead atoms. The molecule has 0 spiro atoms. The molecule has 0 aromatic rings. The lowest BCUT2D eigenvalue weighted by molar-refractivity contribution is 0.0945. The Balaban J connectivity index is 0.000000500. The quantitative estimate of drug-likeness (QED) is 0.575. The summed E-state index contributed by atoms with van der Waals surface area (Å²) in [7, 11) is 0. The molecule has 10 heavy (non-hydrogen) atoms. The van der Waals surface area contributed by atoms with Gasteiger partial charge in [0.25, 0.3) is 0 Å². The zero-order chi connectivity index (χ0) is 6.32. The summed E-state index contributed by atoms with van der Waals surface area (Å²) in [5, 5.41) is 3.49. The first-order chi connectivity index (χ1) is 4.35. The summed E-state index contributed by atoms with van der Waals surface area (Å²) in [4.78, 5) is 0. The summed E-state index contributed by atoms with van der Waals surface area (Å²) in [6.45, 7) is 5.04. The highest BCUT2D eigenvalue weighted by atomic mass is 35.5. The van der Waals surface area contributed by atoms with E-state index in [1.54, 1.807) is 0 Å². The van der Waals surface area contributed by atoms with E-state index in [2.05, 4.69) is 18.0 Å². The van der Waals surface area contributed by atoms with Gasteiger partial charge < -0.3 is 5.32 Å². The van der Waals surface area contributed by atoms with E-state index < -0.39 is 0 Å². The van der Waals surface area contributed by atoms with Crippen LogP contribution in [0.25, 0.3) is 0 Å².